The van der Waals surface area contributed by atoms with Crippen LogP contribution in [0.2, 0.25) is 5.02 Å². The molecule has 1 atom stereocenters. The number of hydrogen-bond donors (Lipinski definition) is 3. The molecule has 3 amide bonds. The molecule has 7 nitrogen and oxygen atoms in total. The van der Waals surface area contributed by atoms with Crippen molar-refractivity contribution in [3.8, 4) is 11.3 Å². The van der Waals surface area contributed by atoms with Gasteiger partial charge in [0, 0.05) is 34.8 Å². The molecule has 3 N–H and O–H groups in total. The highest BCUT2D eigenvalue weighted by Gasteiger charge is 2.13. The second-order valence-corrected chi connectivity index (χ2v) is 8.42. The highest BCUT2D eigenvalue weighted by Crippen LogP contribution is 2.23. The van der Waals surface area contributed by atoms with E-state index in [2.05, 4.69) is 20.9 Å². The highest BCUT2D eigenvalue weighted by molar-refractivity contribution is 6.30. The quantitative estimate of drug-likeness (QED) is 0.265. The fourth-order valence-electron chi connectivity index (χ4n) is 3.46. The molecule has 0 bridgehead atoms. The number of rotatable bonds is 8. The van der Waals surface area contributed by atoms with Gasteiger partial charge >= 0.3 is 6.03 Å². The number of aryl methyl sites for hydroxylation is 1. The number of aromatic nitrogens is 1. The zero-order chi connectivity index (χ0) is 24.6. The zero-order valence-corrected chi connectivity index (χ0v) is 19.9. The van der Waals surface area contributed by atoms with Gasteiger partial charge in [0.15, 0.2) is 11.7 Å². The van der Waals surface area contributed by atoms with Crippen molar-refractivity contribution in [2.24, 2.45) is 0 Å². The lowest BCUT2D eigenvalue weighted by Crippen LogP contribution is -2.26. The third kappa shape index (κ3) is 6.94. The predicted molar refractivity (Wildman–Crippen MR) is 137 cm³/mol. The van der Waals surface area contributed by atoms with E-state index in [1.807, 2.05) is 61.5 Å². The number of oxazole rings is 1. The Morgan fingerprint density at radius 1 is 0.914 bits per heavy atom. The van der Waals surface area contributed by atoms with E-state index < -0.39 is 0 Å². The molecule has 8 heteroatoms. The molecule has 1 unspecified atom stereocenters. The van der Waals surface area contributed by atoms with E-state index in [0.717, 1.165) is 11.1 Å². The lowest BCUT2D eigenvalue weighted by atomic mass is 10.1. The van der Waals surface area contributed by atoms with Crippen molar-refractivity contribution in [3.05, 3.63) is 102 Å². The minimum absolute atomic E-state index is 0.104. The number of amides is 3. The number of carbonyl (C=O) groups is 2. The lowest BCUT2D eigenvalue weighted by Gasteiger charge is -2.15. The molecule has 0 aliphatic heterocycles. The number of benzene rings is 3. The van der Waals surface area contributed by atoms with Crippen LogP contribution in [0, 0.1) is 0 Å². The Kier molecular flexibility index (Phi) is 7.80. The third-order valence-electron chi connectivity index (χ3n) is 5.33. The van der Waals surface area contributed by atoms with E-state index in [0.29, 0.717) is 34.5 Å². The molecule has 178 valence electrons. The minimum Gasteiger partial charge on any atom is -0.441 e. The number of nitrogens with zero attached hydrogens (tertiary/aromatic N) is 1. The summed E-state index contributed by atoms with van der Waals surface area (Å²) in [7, 11) is 0. The number of urea groups is 1. The molecule has 35 heavy (non-hydrogen) atoms. The van der Waals surface area contributed by atoms with Gasteiger partial charge in [-0.2, -0.15) is 0 Å². The van der Waals surface area contributed by atoms with Crippen molar-refractivity contribution in [1.29, 1.82) is 0 Å². The summed E-state index contributed by atoms with van der Waals surface area (Å²) in [5, 5.41) is 9.19. The summed E-state index contributed by atoms with van der Waals surface area (Å²) in [5.74, 6) is 1.03. The maximum Gasteiger partial charge on any atom is 0.323 e. The van der Waals surface area contributed by atoms with Crippen LogP contribution in [-0.4, -0.2) is 16.9 Å². The van der Waals surface area contributed by atoms with E-state index in [-0.39, 0.29) is 24.4 Å². The normalized spacial score (nSPS) is 11.5. The van der Waals surface area contributed by atoms with Gasteiger partial charge < -0.3 is 20.4 Å². The number of carbonyl (C=O) groups excluding carboxylic acids is 2. The van der Waals surface area contributed by atoms with Crippen LogP contribution in [0.3, 0.4) is 0 Å². The molecular formula is C27H25ClN4O3. The van der Waals surface area contributed by atoms with Gasteiger partial charge in [0.1, 0.15) is 0 Å². The molecule has 0 aliphatic carbocycles. The van der Waals surface area contributed by atoms with Gasteiger partial charge in [-0.15, -0.1) is 0 Å². The van der Waals surface area contributed by atoms with Crippen molar-refractivity contribution in [2.45, 2.75) is 25.8 Å². The van der Waals surface area contributed by atoms with Gasteiger partial charge in [0.05, 0.1) is 12.2 Å². The first-order valence-electron chi connectivity index (χ1n) is 11.2. The SMILES string of the molecule is CC(NC(=O)CCc1ncc(-c2ccc(Cl)cc2)o1)c1ccc(NC(=O)Nc2ccccc2)cc1. The smallest absolute Gasteiger partial charge is 0.323 e. The molecule has 1 heterocycles. The van der Waals surface area contributed by atoms with Crippen molar-refractivity contribution in [2.75, 3.05) is 10.6 Å². The van der Waals surface area contributed by atoms with Gasteiger partial charge in [-0.25, -0.2) is 9.78 Å². The van der Waals surface area contributed by atoms with Crippen molar-refractivity contribution in [3.63, 3.8) is 0 Å². The monoisotopic (exact) mass is 488 g/mol. The molecule has 0 spiro atoms. The predicted octanol–water partition coefficient (Wildman–Crippen LogP) is 6.45. The van der Waals surface area contributed by atoms with E-state index in [1.54, 1.807) is 30.5 Å². The minimum atomic E-state index is -0.323. The Morgan fingerprint density at radius 3 is 2.26 bits per heavy atom. The standard InChI is InChI=1S/C27H25ClN4O3/c1-18(19-9-13-23(14-10-19)32-27(34)31-22-5-3-2-4-6-22)30-25(33)15-16-26-29-17-24(35-26)20-7-11-21(28)12-8-20/h2-14,17-18H,15-16H2,1H3,(H,30,33)(H2,31,32,34). The first-order chi connectivity index (χ1) is 17.0. The van der Waals surface area contributed by atoms with Gasteiger partial charge in [0.2, 0.25) is 5.91 Å². The van der Waals surface area contributed by atoms with Crippen LogP contribution in [-0.2, 0) is 11.2 Å². The summed E-state index contributed by atoms with van der Waals surface area (Å²) in [4.78, 5) is 28.8. The molecule has 0 fully saturated rings. The molecular weight excluding hydrogens is 464 g/mol. The third-order valence-corrected chi connectivity index (χ3v) is 5.58. The van der Waals surface area contributed by atoms with Gasteiger partial charge in [-0.1, -0.05) is 41.9 Å². The van der Waals surface area contributed by atoms with E-state index >= 15 is 0 Å². The molecule has 3 aromatic carbocycles. The maximum atomic E-state index is 12.4. The molecule has 0 saturated heterocycles. The number of halogens is 1. The fraction of sp³-hybridized carbons (Fsp3) is 0.148. The topological polar surface area (TPSA) is 96.3 Å². The highest BCUT2D eigenvalue weighted by atomic mass is 35.5. The lowest BCUT2D eigenvalue weighted by molar-refractivity contribution is -0.121. The van der Waals surface area contributed by atoms with Gasteiger partial charge in [-0.05, 0) is 61.0 Å². The Morgan fingerprint density at radius 2 is 1.57 bits per heavy atom. The number of nitrogens with one attached hydrogen (secondary N) is 3. The van der Waals surface area contributed by atoms with Crippen LogP contribution in [0.25, 0.3) is 11.3 Å². The Bertz CT molecular complexity index is 1270. The molecule has 4 rings (SSSR count). The summed E-state index contributed by atoms with van der Waals surface area (Å²) < 4.78 is 5.76. The maximum absolute atomic E-state index is 12.4. The number of para-hydroxylation sites is 1. The van der Waals surface area contributed by atoms with Crippen LogP contribution >= 0.6 is 11.6 Å². The van der Waals surface area contributed by atoms with E-state index in [1.165, 1.54) is 0 Å². The van der Waals surface area contributed by atoms with E-state index in [4.69, 9.17) is 16.0 Å². The summed E-state index contributed by atoms with van der Waals surface area (Å²) >= 11 is 5.92. The fourth-order valence-corrected chi connectivity index (χ4v) is 3.59. The van der Waals surface area contributed by atoms with Gasteiger partial charge in [-0.3, -0.25) is 4.79 Å². The number of anilines is 2. The zero-order valence-electron chi connectivity index (χ0n) is 19.1. The van der Waals surface area contributed by atoms with E-state index in [9.17, 15) is 9.59 Å². The van der Waals surface area contributed by atoms with Crippen LogP contribution in [0.4, 0.5) is 16.2 Å². The Labute approximate surface area is 208 Å². The first kappa shape index (κ1) is 24.0. The summed E-state index contributed by atoms with van der Waals surface area (Å²) in [6.45, 7) is 1.91. The van der Waals surface area contributed by atoms with Crippen LogP contribution < -0.4 is 16.0 Å². The second kappa shape index (κ2) is 11.4. The Hall–Kier alpha value is -4.10. The van der Waals surface area contributed by atoms with Crippen molar-refractivity contribution < 1.29 is 14.0 Å². The van der Waals surface area contributed by atoms with Crippen LogP contribution in [0.5, 0.6) is 0 Å². The summed E-state index contributed by atoms with van der Waals surface area (Å²) in [6.07, 6.45) is 2.30. The summed E-state index contributed by atoms with van der Waals surface area (Å²) in [5.41, 5.74) is 3.17. The molecule has 0 radical (unpaired) electrons. The largest absolute Gasteiger partial charge is 0.441 e. The molecule has 1 aromatic heterocycles. The van der Waals surface area contributed by atoms with Crippen LogP contribution in [0.1, 0.15) is 30.8 Å². The molecule has 0 saturated carbocycles. The average Bonchev–Trinajstić information content (AvgIpc) is 3.33. The van der Waals surface area contributed by atoms with Crippen LogP contribution in [0.15, 0.2) is 89.5 Å². The molecule has 0 aliphatic rings. The van der Waals surface area contributed by atoms with Crippen molar-refractivity contribution >= 4 is 34.9 Å². The Balaban J connectivity index is 1.24. The molecule has 4 aromatic rings. The second-order valence-electron chi connectivity index (χ2n) is 7.98. The van der Waals surface area contributed by atoms with Gasteiger partial charge in [0.25, 0.3) is 0 Å². The average molecular weight is 489 g/mol. The number of hydrogen-bond acceptors (Lipinski definition) is 4. The first-order valence-corrected chi connectivity index (χ1v) is 11.6. The summed E-state index contributed by atoms with van der Waals surface area (Å²) in [6, 6.07) is 23.3. The van der Waals surface area contributed by atoms with Crippen molar-refractivity contribution in [1.82, 2.24) is 10.3 Å².